The molecule has 0 bridgehead atoms. The Morgan fingerprint density at radius 1 is 1.04 bits per heavy atom. The van der Waals surface area contributed by atoms with Gasteiger partial charge in [0.2, 0.25) is 0 Å². The number of nitrogens with zero attached hydrogens (tertiary/aromatic N) is 2. The molecule has 0 saturated heterocycles. The summed E-state index contributed by atoms with van der Waals surface area (Å²) in [5.41, 5.74) is 1.24. The van der Waals surface area contributed by atoms with Crippen LogP contribution >= 0.6 is 11.8 Å². The molecule has 1 heterocycles. The van der Waals surface area contributed by atoms with E-state index in [0.717, 1.165) is 17.1 Å². The Balaban J connectivity index is 1.67. The van der Waals surface area contributed by atoms with Crippen molar-refractivity contribution in [1.29, 1.82) is 0 Å². The molecule has 3 aromatic rings. The highest BCUT2D eigenvalue weighted by molar-refractivity contribution is 7.98. The molecule has 0 aliphatic rings. The normalized spacial score (nSPS) is 10.5. The second-order valence-corrected chi connectivity index (χ2v) is 5.86. The van der Waals surface area contributed by atoms with Crippen molar-refractivity contribution in [2.45, 2.75) is 17.8 Å². The van der Waals surface area contributed by atoms with Crippen molar-refractivity contribution in [3.8, 4) is 11.5 Å². The number of benzene rings is 2. The number of thioether (sulfide) groups is 1. The minimum atomic E-state index is -0.205. The highest BCUT2D eigenvalue weighted by Crippen LogP contribution is 2.24. The standard InChI is InChI=1S/C17H15N3O2S/c1-12-16(21)18-17(20-19-12)23-11-13-6-5-9-15(10-13)22-14-7-3-2-4-8-14/h2-10H,11H2,1H3,(H,18,20,21). The van der Waals surface area contributed by atoms with Gasteiger partial charge in [0.25, 0.3) is 5.56 Å². The van der Waals surface area contributed by atoms with Crippen molar-refractivity contribution in [3.05, 3.63) is 76.2 Å². The third kappa shape index (κ3) is 4.20. The summed E-state index contributed by atoms with van der Waals surface area (Å²) >= 11 is 1.43. The van der Waals surface area contributed by atoms with E-state index in [9.17, 15) is 4.79 Å². The van der Waals surface area contributed by atoms with Crippen LogP contribution in [0.5, 0.6) is 11.5 Å². The Kier molecular flexibility index (Phi) is 4.73. The summed E-state index contributed by atoms with van der Waals surface area (Å²) in [7, 11) is 0. The zero-order chi connectivity index (χ0) is 16.1. The van der Waals surface area contributed by atoms with Crippen LogP contribution in [-0.4, -0.2) is 15.2 Å². The summed E-state index contributed by atoms with van der Waals surface area (Å²) in [6.45, 7) is 1.63. The van der Waals surface area contributed by atoms with Gasteiger partial charge in [0.1, 0.15) is 17.2 Å². The zero-order valence-electron chi connectivity index (χ0n) is 12.5. The summed E-state index contributed by atoms with van der Waals surface area (Å²) in [4.78, 5) is 14.2. The van der Waals surface area contributed by atoms with E-state index in [-0.39, 0.29) is 5.56 Å². The van der Waals surface area contributed by atoms with Gasteiger partial charge in [-0.2, -0.15) is 0 Å². The monoisotopic (exact) mass is 325 g/mol. The molecule has 2 aromatic carbocycles. The van der Waals surface area contributed by atoms with Gasteiger partial charge in [-0.05, 0) is 36.8 Å². The Labute approximate surface area is 137 Å². The van der Waals surface area contributed by atoms with E-state index in [4.69, 9.17) is 4.74 Å². The number of nitrogens with one attached hydrogen (secondary N) is 1. The zero-order valence-corrected chi connectivity index (χ0v) is 13.3. The molecule has 1 N–H and O–H groups in total. The van der Waals surface area contributed by atoms with E-state index in [2.05, 4.69) is 15.2 Å². The van der Waals surface area contributed by atoms with E-state index < -0.39 is 0 Å². The van der Waals surface area contributed by atoms with Gasteiger partial charge in [0.05, 0.1) is 0 Å². The first-order chi connectivity index (χ1) is 11.2. The molecule has 3 rings (SSSR count). The molecule has 5 nitrogen and oxygen atoms in total. The summed E-state index contributed by atoms with van der Waals surface area (Å²) < 4.78 is 5.81. The molecule has 0 saturated carbocycles. The first-order valence-electron chi connectivity index (χ1n) is 7.09. The van der Waals surface area contributed by atoms with Gasteiger partial charge in [-0.1, -0.05) is 42.1 Å². The predicted octanol–water partition coefficient (Wildman–Crippen LogP) is 3.56. The summed E-state index contributed by atoms with van der Waals surface area (Å²) in [6, 6.07) is 17.5. The van der Waals surface area contributed by atoms with Crippen molar-refractivity contribution in [2.24, 2.45) is 0 Å². The fraction of sp³-hybridized carbons (Fsp3) is 0.118. The van der Waals surface area contributed by atoms with Crippen molar-refractivity contribution in [2.75, 3.05) is 0 Å². The number of hydrogen-bond acceptors (Lipinski definition) is 5. The van der Waals surface area contributed by atoms with Gasteiger partial charge in [-0.25, -0.2) is 0 Å². The first kappa shape index (κ1) is 15.3. The van der Waals surface area contributed by atoms with Gasteiger partial charge in [0, 0.05) is 5.75 Å². The SMILES string of the molecule is Cc1nnc(SCc2cccc(Oc3ccccc3)c2)[nH]c1=O. The minimum absolute atomic E-state index is 0.205. The molecule has 116 valence electrons. The van der Waals surface area contributed by atoms with E-state index in [0.29, 0.717) is 16.6 Å². The van der Waals surface area contributed by atoms with E-state index in [1.165, 1.54) is 11.8 Å². The molecule has 1 aromatic heterocycles. The quantitative estimate of drug-likeness (QED) is 0.727. The number of H-pyrrole nitrogens is 1. The van der Waals surface area contributed by atoms with Crippen LogP contribution in [0.15, 0.2) is 64.5 Å². The van der Waals surface area contributed by atoms with Crippen LogP contribution in [0.4, 0.5) is 0 Å². The van der Waals surface area contributed by atoms with Crippen LogP contribution in [0.25, 0.3) is 0 Å². The lowest BCUT2D eigenvalue weighted by atomic mass is 10.2. The summed E-state index contributed by atoms with van der Waals surface area (Å²) in [5.74, 6) is 2.24. The molecule has 0 fully saturated rings. The van der Waals surface area contributed by atoms with Crippen LogP contribution in [0.3, 0.4) is 0 Å². The van der Waals surface area contributed by atoms with Crippen molar-refractivity contribution >= 4 is 11.8 Å². The van der Waals surface area contributed by atoms with Crippen LogP contribution < -0.4 is 10.3 Å². The number of rotatable bonds is 5. The Morgan fingerprint density at radius 3 is 2.61 bits per heavy atom. The lowest BCUT2D eigenvalue weighted by Gasteiger charge is -2.07. The minimum Gasteiger partial charge on any atom is -0.457 e. The highest BCUT2D eigenvalue weighted by Gasteiger charge is 2.03. The smallest absolute Gasteiger partial charge is 0.273 e. The topological polar surface area (TPSA) is 67.9 Å². The Bertz CT molecular complexity index is 850. The number of aryl methyl sites for hydroxylation is 1. The number of aromatic amines is 1. The van der Waals surface area contributed by atoms with Crippen LogP contribution in [0, 0.1) is 6.92 Å². The maximum absolute atomic E-state index is 11.5. The lowest BCUT2D eigenvalue weighted by molar-refractivity contribution is 0.482. The number of hydrogen-bond donors (Lipinski definition) is 1. The van der Waals surface area contributed by atoms with Crippen molar-refractivity contribution < 1.29 is 4.74 Å². The van der Waals surface area contributed by atoms with Gasteiger partial charge in [0.15, 0.2) is 5.16 Å². The Hall–Kier alpha value is -2.60. The predicted molar refractivity (Wildman–Crippen MR) is 89.9 cm³/mol. The molecular formula is C17H15N3O2S. The average molecular weight is 325 g/mol. The lowest BCUT2D eigenvalue weighted by Crippen LogP contribution is -2.14. The Morgan fingerprint density at radius 2 is 1.83 bits per heavy atom. The first-order valence-corrected chi connectivity index (χ1v) is 8.07. The summed E-state index contributed by atoms with van der Waals surface area (Å²) in [6.07, 6.45) is 0. The van der Waals surface area contributed by atoms with Crippen LogP contribution in [0.2, 0.25) is 0 Å². The van der Waals surface area contributed by atoms with E-state index in [1.54, 1.807) is 6.92 Å². The largest absolute Gasteiger partial charge is 0.457 e. The molecule has 23 heavy (non-hydrogen) atoms. The average Bonchev–Trinajstić information content (AvgIpc) is 2.57. The maximum atomic E-state index is 11.5. The second-order valence-electron chi connectivity index (χ2n) is 4.90. The van der Waals surface area contributed by atoms with Gasteiger partial charge in [-0.15, -0.1) is 10.2 Å². The fourth-order valence-electron chi connectivity index (χ4n) is 1.92. The van der Waals surface area contributed by atoms with Gasteiger partial charge in [-0.3, -0.25) is 9.78 Å². The molecule has 0 aliphatic heterocycles. The molecule has 0 atom stereocenters. The number of aromatic nitrogens is 3. The molecule has 0 aliphatic carbocycles. The third-order valence-corrected chi connectivity index (χ3v) is 4.03. The van der Waals surface area contributed by atoms with E-state index in [1.807, 2.05) is 54.6 Å². The molecule has 0 radical (unpaired) electrons. The van der Waals surface area contributed by atoms with Crippen LogP contribution in [0.1, 0.15) is 11.3 Å². The summed E-state index contributed by atoms with van der Waals surface area (Å²) in [5, 5.41) is 8.30. The van der Waals surface area contributed by atoms with E-state index >= 15 is 0 Å². The molecule has 0 unspecified atom stereocenters. The molecule has 0 amide bonds. The maximum Gasteiger partial charge on any atom is 0.273 e. The fourth-order valence-corrected chi connectivity index (χ4v) is 2.66. The molecular weight excluding hydrogens is 310 g/mol. The molecule has 6 heteroatoms. The molecule has 0 spiro atoms. The van der Waals surface area contributed by atoms with Crippen molar-refractivity contribution in [1.82, 2.24) is 15.2 Å². The van der Waals surface area contributed by atoms with Crippen LogP contribution in [-0.2, 0) is 5.75 Å². The number of para-hydroxylation sites is 1. The number of ether oxygens (including phenoxy) is 1. The highest BCUT2D eigenvalue weighted by atomic mass is 32.2. The van der Waals surface area contributed by atoms with Gasteiger partial charge < -0.3 is 4.74 Å². The van der Waals surface area contributed by atoms with Gasteiger partial charge >= 0.3 is 0 Å². The van der Waals surface area contributed by atoms with Crippen molar-refractivity contribution in [3.63, 3.8) is 0 Å². The second kappa shape index (κ2) is 7.11. The third-order valence-electron chi connectivity index (χ3n) is 3.09.